The van der Waals surface area contributed by atoms with Gasteiger partial charge in [0.25, 0.3) is 0 Å². The highest BCUT2D eigenvalue weighted by Gasteiger charge is 2.09. The van der Waals surface area contributed by atoms with Crippen LogP contribution in [0.2, 0.25) is 0 Å². The maximum absolute atomic E-state index is 12.7. The SMILES string of the molecule is CCCCCc1ccc(-c2cc3ccc(OCCC/C=C/CCCOC(=O)CC(C)C)cc3oc2=O)cc1. The van der Waals surface area contributed by atoms with Gasteiger partial charge in [0.15, 0.2) is 0 Å². The van der Waals surface area contributed by atoms with Crippen LogP contribution in [0.15, 0.2) is 69.9 Å². The molecule has 0 fully saturated rings. The molecule has 0 amide bonds. The van der Waals surface area contributed by atoms with Gasteiger partial charge >= 0.3 is 11.6 Å². The Morgan fingerprint density at radius 1 is 0.921 bits per heavy atom. The van der Waals surface area contributed by atoms with Crippen LogP contribution in [0.3, 0.4) is 0 Å². The first-order chi connectivity index (χ1) is 18.5. The predicted molar refractivity (Wildman–Crippen MR) is 155 cm³/mol. The molecule has 0 saturated heterocycles. The van der Waals surface area contributed by atoms with Crippen LogP contribution in [0, 0.1) is 5.92 Å². The summed E-state index contributed by atoms with van der Waals surface area (Å²) in [5.41, 5.74) is 2.94. The molecule has 5 nitrogen and oxygen atoms in total. The Hall–Kier alpha value is -3.34. The summed E-state index contributed by atoms with van der Waals surface area (Å²) < 4.78 is 16.7. The molecule has 0 unspecified atom stereocenters. The number of aryl methyl sites for hydroxylation is 1. The standard InChI is InChI=1S/C33H42O5/c1-4-5-10-13-26-14-16-27(17-15-26)30-23-28-18-19-29(24-31(28)38-33(30)35)36-20-11-8-6-7-9-12-21-37-32(34)22-25(2)3/h6-7,14-19,23-25H,4-5,8-13,20-22H2,1-3H3/b7-6+. The topological polar surface area (TPSA) is 65.7 Å². The average molecular weight is 519 g/mol. The molecule has 204 valence electrons. The summed E-state index contributed by atoms with van der Waals surface area (Å²) >= 11 is 0. The van der Waals surface area contributed by atoms with Crippen molar-refractivity contribution >= 4 is 16.9 Å². The number of hydrogen-bond donors (Lipinski definition) is 0. The van der Waals surface area contributed by atoms with Crippen LogP contribution in [0.5, 0.6) is 5.75 Å². The van der Waals surface area contributed by atoms with Gasteiger partial charge in [0.1, 0.15) is 11.3 Å². The van der Waals surface area contributed by atoms with Crippen LogP contribution in [0.25, 0.3) is 22.1 Å². The maximum Gasteiger partial charge on any atom is 0.344 e. The van der Waals surface area contributed by atoms with E-state index in [-0.39, 0.29) is 11.6 Å². The Labute approximate surface area is 226 Å². The summed E-state index contributed by atoms with van der Waals surface area (Å²) in [5.74, 6) is 0.910. The van der Waals surface area contributed by atoms with Gasteiger partial charge in [-0.1, -0.05) is 70.0 Å². The van der Waals surface area contributed by atoms with Crippen molar-refractivity contribution < 1.29 is 18.7 Å². The zero-order valence-electron chi connectivity index (χ0n) is 23.2. The fraction of sp³-hybridized carbons (Fsp3) is 0.455. The second-order valence-corrected chi connectivity index (χ2v) is 10.2. The van der Waals surface area contributed by atoms with Gasteiger partial charge in [0.2, 0.25) is 0 Å². The normalized spacial score (nSPS) is 11.5. The molecule has 38 heavy (non-hydrogen) atoms. The van der Waals surface area contributed by atoms with Crippen molar-refractivity contribution in [3.05, 3.63) is 76.7 Å². The molecule has 2 aromatic carbocycles. The number of esters is 1. The summed E-state index contributed by atoms with van der Waals surface area (Å²) in [7, 11) is 0. The summed E-state index contributed by atoms with van der Waals surface area (Å²) in [5, 5.41) is 0.872. The van der Waals surface area contributed by atoms with Crippen LogP contribution < -0.4 is 10.4 Å². The largest absolute Gasteiger partial charge is 0.493 e. The predicted octanol–water partition coefficient (Wildman–Crippen LogP) is 8.28. The number of hydrogen-bond acceptors (Lipinski definition) is 5. The van der Waals surface area contributed by atoms with E-state index in [0.29, 0.717) is 42.4 Å². The summed E-state index contributed by atoms with van der Waals surface area (Å²) in [6.45, 7) is 7.28. The molecule has 0 saturated carbocycles. The van der Waals surface area contributed by atoms with E-state index in [2.05, 4.69) is 31.2 Å². The van der Waals surface area contributed by atoms with E-state index in [4.69, 9.17) is 13.9 Å². The van der Waals surface area contributed by atoms with Gasteiger partial charge in [-0.2, -0.15) is 0 Å². The van der Waals surface area contributed by atoms with E-state index in [1.807, 2.05) is 44.2 Å². The van der Waals surface area contributed by atoms with Crippen LogP contribution in [-0.2, 0) is 16.0 Å². The molecule has 1 aromatic heterocycles. The molecule has 5 heteroatoms. The van der Waals surface area contributed by atoms with E-state index < -0.39 is 0 Å². The minimum atomic E-state index is -0.340. The van der Waals surface area contributed by atoms with Gasteiger partial charge in [-0.25, -0.2) is 4.79 Å². The third-order valence-electron chi connectivity index (χ3n) is 6.34. The second-order valence-electron chi connectivity index (χ2n) is 10.2. The van der Waals surface area contributed by atoms with Gasteiger partial charge in [0, 0.05) is 17.9 Å². The van der Waals surface area contributed by atoms with Crippen LogP contribution in [0.1, 0.15) is 77.7 Å². The summed E-state index contributed by atoms with van der Waals surface area (Å²) in [6, 6.07) is 15.8. The lowest BCUT2D eigenvalue weighted by molar-refractivity contribution is -0.144. The highest BCUT2D eigenvalue weighted by molar-refractivity contribution is 5.82. The number of carbonyl (C=O) groups is 1. The molecule has 1 heterocycles. The molecule has 0 radical (unpaired) electrons. The maximum atomic E-state index is 12.7. The van der Waals surface area contributed by atoms with Crippen molar-refractivity contribution in [2.45, 2.75) is 78.6 Å². The highest BCUT2D eigenvalue weighted by Crippen LogP contribution is 2.25. The van der Waals surface area contributed by atoms with Crippen LogP contribution >= 0.6 is 0 Å². The first-order valence-electron chi connectivity index (χ1n) is 14.1. The molecular weight excluding hydrogens is 476 g/mol. The Bertz CT molecular complexity index is 1220. The third kappa shape index (κ3) is 9.85. The lowest BCUT2D eigenvalue weighted by Gasteiger charge is -2.08. The van der Waals surface area contributed by atoms with Crippen LogP contribution in [0.4, 0.5) is 0 Å². The monoisotopic (exact) mass is 518 g/mol. The average Bonchev–Trinajstić information content (AvgIpc) is 2.89. The minimum Gasteiger partial charge on any atom is -0.493 e. The zero-order valence-corrected chi connectivity index (χ0v) is 23.2. The van der Waals surface area contributed by atoms with Gasteiger partial charge in [-0.15, -0.1) is 0 Å². The fourth-order valence-electron chi connectivity index (χ4n) is 4.22. The number of rotatable bonds is 16. The number of allylic oxidation sites excluding steroid dienone is 2. The first kappa shape index (κ1) is 29.2. The minimum absolute atomic E-state index is 0.114. The molecule has 0 aliphatic heterocycles. The highest BCUT2D eigenvalue weighted by atomic mass is 16.5. The molecule has 3 rings (SSSR count). The zero-order chi connectivity index (χ0) is 27.2. The van der Waals surface area contributed by atoms with E-state index in [1.165, 1.54) is 24.8 Å². The molecule has 0 atom stereocenters. The molecule has 0 bridgehead atoms. The van der Waals surface area contributed by atoms with Crippen molar-refractivity contribution in [3.63, 3.8) is 0 Å². The first-order valence-corrected chi connectivity index (χ1v) is 14.1. The van der Waals surface area contributed by atoms with Crippen molar-refractivity contribution in [2.24, 2.45) is 5.92 Å². The number of fused-ring (bicyclic) bond motifs is 1. The lowest BCUT2D eigenvalue weighted by atomic mass is 10.0. The number of unbranched alkanes of at least 4 members (excludes halogenated alkanes) is 4. The van der Waals surface area contributed by atoms with Gasteiger partial charge in [-0.3, -0.25) is 4.79 Å². The quantitative estimate of drug-likeness (QED) is 0.0826. The second kappa shape index (κ2) is 15.8. The fourth-order valence-corrected chi connectivity index (χ4v) is 4.22. The van der Waals surface area contributed by atoms with E-state index in [9.17, 15) is 9.59 Å². The van der Waals surface area contributed by atoms with E-state index in [0.717, 1.165) is 43.1 Å². The number of benzene rings is 2. The molecule has 0 aliphatic carbocycles. The molecule has 0 aliphatic rings. The Morgan fingerprint density at radius 3 is 2.37 bits per heavy atom. The third-order valence-corrected chi connectivity index (χ3v) is 6.34. The van der Waals surface area contributed by atoms with Gasteiger partial charge < -0.3 is 13.9 Å². The summed E-state index contributed by atoms with van der Waals surface area (Å²) in [6.07, 6.45) is 13.0. The number of carbonyl (C=O) groups excluding carboxylic acids is 1. The van der Waals surface area contributed by atoms with Crippen molar-refractivity contribution in [3.8, 4) is 16.9 Å². The van der Waals surface area contributed by atoms with Gasteiger partial charge in [-0.05, 0) is 73.8 Å². The van der Waals surface area contributed by atoms with Gasteiger partial charge in [0.05, 0.1) is 18.8 Å². The smallest absolute Gasteiger partial charge is 0.344 e. The lowest BCUT2D eigenvalue weighted by Crippen LogP contribution is -2.08. The number of ether oxygens (including phenoxy) is 2. The molecular formula is C33H42O5. The molecule has 0 N–H and O–H groups in total. The molecule has 0 spiro atoms. The Balaban J connectivity index is 1.43. The van der Waals surface area contributed by atoms with E-state index >= 15 is 0 Å². The Morgan fingerprint density at radius 2 is 1.66 bits per heavy atom. The van der Waals surface area contributed by atoms with Crippen molar-refractivity contribution in [1.29, 1.82) is 0 Å². The summed E-state index contributed by atoms with van der Waals surface area (Å²) in [4.78, 5) is 24.2. The Kier molecular flexibility index (Phi) is 12.2. The van der Waals surface area contributed by atoms with Crippen LogP contribution in [-0.4, -0.2) is 19.2 Å². The molecule has 3 aromatic rings. The van der Waals surface area contributed by atoms with E-state index in [1.54, 1.807) is 6.07 Å². The van der Waals surface area contributed by atoms with Crippen molar-refractivity contribution in [1.82, 2.24) is 0 Å². The van der Waals surface area contributed by atoms with Crippen molar-refractivity contribution in [2.75, 3.05) is 13.2 Å².